The number of carbonyl (C=O) groups is 2. The molecule has 1 saturated carbocycles. The summed E-state index contributed by atoms with van der Waals surface area (Å²) in [5.41, 5.74) is 3.42. The predicted molar refractivity (Wildman–Crippen MR) is 113 cm³/mol. The second-order valence-corrected chi connectivity index (χ2v) is 8.10. The molecule has 152 valence electrons. The maximum absolute atomic E-state index is 12.3. The number of amides is 2. The first kappa shape index (κ1) is 19.5. The van der Waals surface area contributed by atoms with Gasteiger partial charge in [-0.05, 0) is 55.0 Å². The molecule has 1 fully saturated rings. The molecule has 5 heteroatoms. The first-order chi connectivity index (χ1) is 14.1. The summed E-state index contributed by atoms with van der Waals surface area (Å²) in [5.74, 6) is 0.940. The van der Waals surface area contributed by atoms with Gasteiger partial charge in [-0.1, -0.05) is 36.8 Å². The van der Waals surface area contributed by atoms with Crippen LogP contribution in [0.5, 0.6) is 5.75 Å². The summed E-state index contributed by atoms with van der Waals surface area (Å²) in [4.78, 5) is 23.7. The SMILES string of the molecule is O=C(CCCOc1ccc2c(c1)CCC(=O)N2)NCC1(c2ccccc2)CCC1. The Morgan fingerprint density at radius 3 is 2.69 bits per heavy atom. The van der Waals surface area contributed by atoms with Crippen molar-refractivity contribution in [2.75, 3.05) is 18.5 Å². The Morgan fingerprint density at radius 2 is 1.93 bits per heavy atom. The molecule has 2 aromatic carbocycles. The van der Waals surface area contributed by atoms with E-state index < -0.39 is 0 Å². The fraction of sp³-hybridized carbons (Fsp3) is 0.417. The van der Waals surface area contributed by atoms with E-state index in [-0.39, 0.29) is 17.2 Å². The highest BCUT2D eigenvalue weighted by molar-refractivity contribution is 5.94. The second kappa shape index (κ2) is 8.68. The molecule has 2 aliphatic rings. The number of hydrogen-bond acceptors (Lipinski definition) is 3. The van der Waals surface area contributed by atoms with E-state index >= 15 is 0 Å². The molecule has 0 atom stereocenters. The molecule has 2 amide bonds. The van der Waals surface area contributed by atoms with Crippen LogP contribution in [0.1, 0.15) is 49.7 Å². The summed E-state index contributed by atoms with van der Waals surface area (Å²) < 4.78 is 5.80. The van der Waals surface area contributed by atoms with Gasteiger partial charge in [0.1, 0.15) is 5.75 Å². The van der Waals surface area contributed by atoms with E-state index in [9.17, 15) is 9.59 Å². The molecule has 2 N–H and O–H groups in total. The summed E-state index contributed by atoms with van der Waals surface area (Å²) in [6.45, 7) is 1.22. The Labute approximate surface area is 171 Å². The summed E-state index contributed by atoms with van der Waals surface area (Å²) in [7, 11) is 0. The van der Waals surface area contributed by atoms with E-state index in [1.807, 2.05) is 24.3 Å². The van der Waals surface area contributed by atoms with Gasteiger partial charge in [0.2, 0.25) is 11.8 Å². The summed E-state index contributed by atoms with van der Waals surface area (Å²) >= 11 is 0. The van der Waals surface area contributed by atoms with Gasteiger partial charge in [0.25, 0.3) is 0 Å². The number of nitrogens with one attached hydrogen (secondary N) is 2. The van der Waals surface area contributed by atoms with E-state index in [2.05, 4.69) is 34.9 Å². The number of anilines is 1. The Kier molecular flexibility index (Phi) is 5.84. The van der Waals surface area contributed by atoms with Gasteiger partial charge >= 0.3 is 0 Å². The van der Waals surface area contributed by atoms with E-state index in [1.165, 1.54) is 12.0 Å². The Hall–Kier alpha value is -2.82. The van der Waals surface area contributed by atoms with Gasteiger partial charge in [-0.3, -0.25) is 9.59 Å². The van der Waals surface area contributed by atoms with Crippen molar-refractivity contribution in [1.82, 2.24) is 5.32 Å². The van der Waals surface area contributed by atoms with Crippen molar-refractivity contribution in [3.05, 3.63) is 59.7 Å². The third-order valence-electron chi connectivity index (χ3n) is 6.11. The van der Waals surface area contributed by atoms with Gasteiger partial charge in [-0.25, -0.2) is 0 Å². The van der Waals surface area contributed by atoms with Crippen molar-refractivity contribution in [2.45, 2.75) is 50.4 Å². The Morgan fingerprint density at radius 1 is 1.10 bits per heavy atom. The van der Waals surface area contributed by atoms with Crippen molar-refractivity contribution < 1.29 is 14.3 Å². The molecule has 0 bridgehead atoms. The number of carbonyl (C=O) groups excluding carboxylic acids is 2. The number of hydrogen-bond donors (Lipinski definition) is 2. The monoisotopic (exact) mass is 392 g/mol. The maximum Gasteiger partial charge on any atom is 0.224 e. The van der Waals surface area contributed by atoms with Crippen LogP contribution in [-0.2, 0) is 21.4 Å². The third-order valence-corrected chi connectivity index (χ3v) is 6.11. The maximum atomic E-state index is 12.3. The van der Waals surface area contributed by atoms with Crippen LogP contribution >= 0.6 is 0 Å². The average molecular weight is 392 g/mol. The first-order valence-electron chi connectivity index (χ1n) is 10.5. The van der Waals surface area contributed by atoms with Crippen LogP contribution in [0.4, 0.5) is 5.69 Å². The van der Waals surface area contributed by atoms with Crippen LogP contribution in [-0.4, -0.2) is 25.0 Å². The molecule has 2 aromatic rings. The van der Waals surface area contributed by atoms with Gasteiger partial charge in [0.15, 0.2) is 0 Å². The quantitative estimate of drug-likeness (QED) is 0.668. The smallest absolute Gasteiger partial charge is 0.224 e. The molecule has 1 heterocycles. The fourth-order valence-electron chi connectivity index (χ4n) is 4.19. The van der Waals surface area contributed by atoms with E-state index in [0.717, 1.165) is 36.3 Å². The fourth-order valence-corrected chi connectivity index (χ4v) is 4.19. The topological polar surface area (TPSA) is 67.4 Å². The number of rotatable bonds is 8. The van der Waals surface area contributed by atoms with Gasteiger partial charge in [-0.15, -0.1) is 0 Å². The van der Waals surface area contributed by atoms with Crippen molar-refractivity contribution in [2.24, 2.45) is 0 Å². The molecule has 0 spiro atoms. The zero-order valence-corrected chi connectivity index (χ0v) is 16.7. The van der Waals surface area contributed by atoms with Crippen LogP contribution in [0.2, 0.25) is 0 Å². The lowest BCUT2D eigenvalue weighted by Crippen LogP contribution is -2.45. The van der Waals surface area contributed by atoms with Crippen molar-refractivity contribution in [3.63, 3.8) is 0 Å². The minimum absolute atomic E-state index is 0.0631. The van der Waals surface area contributed by atoms with Crippen molar-refractivity contribution in [3.8, 4) is 5.75 Å². The van der Waals surface area contributed by atoms with E-state index in [1.54, 1.807) is 0 Å². The lowest BCUT2D eigenvalue weighted by Gasteiger charge is -2.42. The number of fused-ring (bicyclic) bond motifs is 1. The predicted octanol–water partition coefficient (Wildman–Crippen LogP) is 3.97. The molecule has 5 nitrogen and oxygen atoms in total. The summed E-state index contributed by atoms with van der Waals surface area (Å²) in [6.07, 6.45) is 5.90. The summed E-state index contributed by atoms with van der Waals surface area (Å²) in [6, 6.07) is 16.3. The Balaban J connectivity index is 1.19. The molecule has 0 unspecified atom stereocenters. The molecule has 29 heavy (non-hydrogen) atoms. The van der Waals surface area contributed by atoms with Crippen LogP contribution in [0, 0.1) is 0 Å². The lowest BCUT2D eigenvalue weighted by atomic mass is 9.64. The average Bonchev–Trinajstić information content (AvgIpc) is 2.71. The van der Waals surface area contributed by atoms with Crippen molar-refractivity contribution in [1.29, 1.82) is 0 Å². The number of ether oxygens (including phenoxy) is 1. The molecule has 0 aromatic heterocycles. The van der Waals surface area contributed by atoms with Crippen LogP contribution < -0.4 is 15.4 Å². The molecule has 0 saturated heterocycles. The van der Waals surface area contributed by atoms with Crippen LogP contribution in [0.15, 0.2) is 48.5 Å². The normalized spacial score (nSPS) is 16.9. The van der Waals surface area contributed by atoms with E-state index in [0.29, 0.717) is 32.4 Å². The zero-order valence-electron chi connectivity index (χ0n) is 16.7. The number of benzene rings is 2. The van der Waals surface area contributed by atoms with Gasteiger partial charge in [-0.2, -0.15) is 0 Å². The lowest BCUT2D eigenvalue weighted by molar-refractivity contribution is -0.121. The van der Waals surface area contributed by atoms with E-state index in [4.69, 9.17) is 4.74 Å². The second-order valence-electron chi connectivity index (χ2n) is 8.10. The first-order valence-corrected chi connectivity index (χ1v) is 10.5. The highest BCUT2D eigenvalue weighted by atomic mass is 16.5. The molecular formula is C24H28N2O3. The Bertz CT molecular complexity index is 875. The molecule has 4 rings (SSSR count). The molecule has 1 aliphatic carbocycles. The minimum atomic E-state index is 0.0631. The third kappa shape index (κ3) is 4.61. The number of aryl methyl sites for hydroxylation is 1. The van der Waals surface area contributed by atoms with Crippen LogP contribution in [0.25, 0.3) is 0 Å². The van der Waals surface area contributed by atoms with Crippen molar-refractivity contribution >= 4 is 17.5 Å². The van der Waals surface area contributed by atoms with Gasteiger partial charge < -0.3 is 15.4 Å². The van der Waals surface area contributed by atoms with Gasteiger partial charge in [0, 0.05) is 30.5 Å². The van der Waals surface area contributed by atoms with Gasteiger partial charge in [0.05, 0.1) is 6.61 Å². The molecular weight excluding hydrogens is 364 g/mol. The highest BCUT2D eigenvalue weighted by Crippen LogP contribution is 2.43. The molecule has 1 aliphatic heterocycles. The standard InChI is InChI=1S/C24H28N2O3/c27-22(25-17-24(13-5-14-24)19-6-2-1-3-7-19)8-4-15-29-20-10-11-21-18(16-20)9-12-23(28)26-21/h1-3,6-7,10-11,16H,4-5,8-9,12-15,17H2,(H,25,27)(H,26,28). The highest BCUT2D eigenvalue weighted by Gasteiger charge is 2.38. The van der Waals surface area contributed by atoms with Crippen LogP contribution in [0.3, 0.4) is 0 Å². The summed E-state index contributed by atoms with van der Waals surface area (Å²) in [5, 5.41) is 6.00. The zero-order chi connectivity index (χ0) is 20.1. The minimum Gasteiger partial charge on any atom is -0.494 e. The molecule has 0 radical (unpaired) electrons. The largest absolute Gasteiger partial charge is 0.494 e.